The van der Waals surface area contributed by atoms with Gasteiger partial charge in [-0.05, 0) is 117 Å². The number of pyridine rings is 1. The van der Waals surface area contributed by atoms with E-state index >= 15 is 0 Å². The SMILES string of the molecule is Cc1ccc(C)c(-n2c(C)cc([C@@H]3[C@H](c4ccccn4)NC(=S)N3c3ccc(Oc4ccccc4)cc3)c2C)c1. The lowest BCUT2D eigenvalue weighted by molar-refractivity contribution is 0.482. The molecule has 5 nitrogen and oxygen atoms in total. The number of nitrogens with one attached hydrogen (secondary N) is 1. The molecular formula is C34H32N4OS. The summed E-state index contributed by atoms with van der Waals surface area (Å²) < 4.78 is 8.42. The van der Waals surface area contributed by atoms with Crippen LogP contribution in [0.15, 0.2) is 103 Å². The molecule has 3 heterocycles. The fourth-order valence-corrected chi connectivity index (χ4v) is 6.01. The maximum atomic E-state index is 6.05. The van der Waals surface area contributed by atoms with Crippen LogP contribution < -0.4 is 15.0 Å². The summed E-state index contributed by atoms with van der Waals surface area (Å²) in [6, 6.07) is 32.7. The molecule has 1 N–H and O–H groups in total. The van der Waals surface area contributed by atoms with Crippen LogP contribution in [0, 0.1) is 27.7 Å². The molecule has 200 valence electrons. The maximum Gasteiger partial charge on any atom is 0.174 e. The average molecular weight is 545 g/mol. The molecule has 0 aliphatic carbocycles. The second-order valence-corrected chi connectivity index (χ2v) is 10.7. The van der Waals surface area contributed by atoms with Gasteiger partial charge >= 0.3 is 0 Å². The van der Waals surface area contributed by atoms with E-state index in [1.165, 1.54) is 33.8 Å². The van der Waals surface area contributed by atoms with E-state index in [4.69, 9.17) is 21.9 Å². The Balaban J connectivity index is 1.44. The molecule has 0 saturated carbocycles. The van der Waals surface area contributed by atoms with Crippen molar-refractivity contribution in [2.24, 2.45) is 0 Å². The number of thiocarbonyl (C=S) groups is 1. The highest BCUT2D eigenvalue weighted by atomic mass is 32.1. The lowest BCUT2D eigenvalue weighted by Gasteiger charge is -2.28. The summed E-state index contributed by atoms with van der Waals surface area (Å²) in [5.41, 5.74) is 9.23. The fourth-order valence-electron chi connectivity index (χ4n) is 5.67. The van der Waals surface area contributed by atoms with Crippen molar-refractivity contribution in [1.29, 1.82) is 0 Å². The highest BCUT2D eigenvalue weighted by Crippen LogP contribution is 2.44. The van der Waals surface area contributed by atoms with Crippen molar-refractivity contribution in [3.8, 4) is 17.2 Å². The number of aryl methyl sites for hydroxylation is 3. The second-order valence-electron chi connectivity index (χ2n) is 10.4. The second kappa shape index (κ2) is 10.6. The first kappa shape index (κ1) is 25.8. The third kappa shape index (κ3) is 4.75. The fraction of sp³-hybridized carbons (Fsp3) is 0.176. The number of para-hydroxylation sites is 1. The number of rotatable bonds is 6. The molecule has 2 aromatic heterocycles. The molecular weight excluding hydrogens is 512 g/mol. The van der Waals surface area contributed by atoms with Gasteiger partial charge in [-0.3, -0.25) is 4.98 Å². The predicted octanol–water partition coefficient (Wildman–Crippen LogP) is 8.08. The van der Waals surface area contributed by atoms with Crippen molar-refractivity contribution >= 4 is 23.0 Å². The molecule has 6 heteroatoms. The molecule has 0 spiro atoms. The van der Waals surface area contributed by atoms with E-state index in [1.807, 2.05) is 60.8 Å². The van der Waals surface area contributed by atoms with Crippen LogP contribution in [0.25, 0.3) is 5.69 Å². The third-order valence-corrected chi connectivity index (χ3v) is 7.90. The summed E-state index contributed by atoms with van der Waals surface area (Å²) in [5, 5.41) is 4.27. The molecule has 5 aromatic rings. The monoisotopic (exact) mass is 544 g/mol. The van der Waals surface area contributed by atoms with E-state index in [1.54, 1.807) is 0 Å². The number of anilines is 1. The Kier molecular flexibility index (Phi) is 6.86. The van der Waals surface area contributed by atoms with E-state index in [-0.39, 0.29) is 12.1 Å². The van der Waals surface area contributed by atoms with E-state index < -0.39 is 0 Å². The minimum atomic E-state index is -0.110. The van der Waals surface area contributed by atoms with Crippen molar-refractivity contribution in [3.63, 3.8) is 0 Å². The van der Waals surface area contributed by atoms with E-state index in [0.29, 0.717) is 5.11 Å². The Morgan fingerprint density at radius 2 is 1.52 bits per heavy atom. The predicted molar refractivity (Wildman–Crippen MR) is 166 cm³/mol. The smallest absolute Gasteiger partial charge is 0.174 e. The Hall–Kier alpha value is -4.42. The Labute approximate surface area is 241 Å². The molecule has 0 unspecified atom stereocenters. The van der Waals surface area contributed by atoms with Gasteiger partial charge in [0.15, 0.2) is 5.11 Å². The number of nitrogens with zero attached hydrogens (tertiary/aromatic N) is 3. The minimum absolute atomic E-state index is 0.0895. The first-order valence-electron chi connectivity index (χ1n) is 13.5. The van der Waals surface area contributed by atoms with Crippen molar-refractivity contribution in [3.05, 3.63) is 137 Å². The summed E-state index contributed by atoms with van der Waals surface area (Å²) in [6.45, 7) is 8.69. The van der Waals surface area contributed by atoms with E-state index in [9.17, 15) is 0 Å². The normalized spacial score (nSPS) is 16.7. The molecule has 0 bridgehead atoms. The van der Waals surface area contributed by atoms with Crippen LogP contribution in [0.3, 0.4) is 0 Å². The van der Waals surface area contributed by atoms with Gasteiger partial charge < -0.3 is 19.5 Å². The van der Waals surface area contributed by atoms with Crippen LogP contribution in [0.2, 0.25) is 0 Å². The van der Waals surface area contributed by atoms with Gasteiger partial charge in [-0.15, -0.1) is 0 Å². The number of hydrogen-bond donors (Lipinski definition) is 1. The first-order valence-corrected chi connectivity index (χ1v) is 13.9. The first-order chi connectivity index (χ1) is 19.4. The van der Waals surface area contributed by atoms with E-state index in [2.05, 4.69) is 84.9 Å². The molecule has 3 aromatic carbocycles. The Morgan fingerprint density at radius 1 is 0.800 bits per heavy atom. The molecule has 2 atom stereocenters. The topological polar surface area (TPSA) is 42.3 Å². The summed E-state index contributed by atoms with van der Waals surface area (Å²) in [6.07, 6.45) is 1.84. The van der Waals surface area contributed by atoms with Gasteiger partial charge in [0.25, 0.3) is 0 Å². The Bertz CT molecular complexity index is 1660. The van der Waals surface area contributed by atoms with Gasteiger partial charge in [0.05, 0.1) is 17.8 Å². The minimum Gasteiger partial charge on any atom is -0.457 e. The van der Waals surface area contributed by atoms with Gasteiger partial charge in [0, 0.05) is 29.0 Å². The summed E-state index contributed by atoms with van der Waals surface area (Å²) in [5.74, 6) is 1.58. The van der Waals surface area contributed by atoms with Crippen LogP contribution in [0.4, 0.5) is 5.69 Å². The molecule has 0 amide bonds. The van der Waals surface area contributed by atoms with Gasteiger partial charge in [-0.2, -0.15) is 0 Å². The highest BCUT2D eigenvalue weighted by molar-refractivity contribution is 7.80. The highest BCUT2D eigenvalue weighted by Gasteiger charge is 2.42. The van der Waals surface area contributed by atoms with Crippen molar-refractivity contribution in [2.45, 2.75) is 39.8 Å². The zero-order chi connectivity index (χ0) is 27.8. The van der Waals surface area contributed by atoms with Gasteiger partial charge in [0.1, 0.15) is 11.5 Å². The third-order valence-electron chi connectivity index (χ3n) is 7.59. The molecule has 40 heavy (non-hydrogen) atoms. The van der Waals surface area contributed by atoms with E-state index in [0.717, 1.165) is 22.9 Å². The van der Waals surface area contributed by atoms with Crippen molar-refractivity contribution in [1.82, 2.24) is 14.9 Å². The van der Waals surface area contributed by atoms with Crippen molar-refractivity contribution in [2.75, 3.05) is 4.90 Å². The largest absolute Gasteiger partial charge is 0.457 e. The number of benzene rings is 3. The Morgan fingerprint density at radius 3 is 2.25 bits per heavy atom. The molecule has 0 radical (unpaired) electrons. The molecule has 6 rings (SSSR count). The molecule has 1 aliphatic heterocycles. The summed E-state index contributed by atoms with van der Waals surface area (Å²) >= 11 is 5.98. The molecule has 1 aliphatic rings. The maximum absolute atomic E-state index is 6.05. The van der Waals surface area contributed by atoms with Crippen molar-refractivity contribution < 1.29 is 4.74 Å². The van der Waals surface area contributed by atoms with Gasteiger partial charge in [-0.25, -0.2) is 0 Å². The van der Waals surface area contributed by atoms with Crippen LogP contribution in [-0.4, -0.2) is 14.7 Å². The van der Waals surface area contributed by atoms with Crippen LogP contribution in [-0.2, 0) is 0 Å². The standard InChI is InChI=1S/C34H32N4OS/c1-22-13-14-23(2)31(20-22)37-24(3)21-29(25(37)4)33-32(30-12-8-9-19-35-30)36-34(40)38(33)26-15-17-28(18-16-26)39-27-10-6-5-7-11-27/h5-21,32-33H,1-4H3,(H,36,40)/t32-,33+/m0/s1. The lowest BCUT2D eigenvalue weighted by Crippen LogP contribution is -2.29. The van der Waals surface area contributed by atoms with Crippen LogP contribution >= 0.6 is 12.2 Å². The summed E-state index contributed by atoms with van der Waals surface area (Å²) in [4.78, 5) is 6.95. The van der Waals surface area contributed by atoms with Gasteiger partial charge in [-0.1, -0.05) is 36.4 Å². The van der Waals surface area contributed by atoms with Crippen LogP contribution in [0.5, 0.6) is 11.5 Å². The average Bonchev–Trinajstić information content (AvgIpc) is 3.46. The number of hydrogen-bond acceptors (Lipinski definition) is 3. The number of ether oxygens (including phenoxy) is 1. The molecule has 1 saturated heterocycles. The molecule has 1 fully saturated rings. The lowest BCUT2D eigenvalue weighted by atomic mass is 9.96. The van der Waals surface area contributed by atoms with Gasteiger partial charge in [0.2, 0.25) is 0 Å². The number of aromatic nitrogens is 2. The zero-order valence-electron chi connectivity index (χ0n) is 23.1. The summed E-state index contributed by atoms with van der Waals surface area (Å²) in [7, 11) is 0. The quantitative estimate of drug-likeness (QED) is 0.219. The zero-order valence-corrected chi connectivity index (χ0v) is 23.9. The van der Waals surface area contributed by atoms with Crippen LogP contribution in [0.1, 0.15) is 45.9 Å².